The first-order chi connectivity index (χ1) is 13.2. The lowest BCUT2D eigenvalue weighted by Crippen LogP contribution is -2.13. The van der Waals surface area contributed by atoms with Crippen molar-refractivity contribution in [2.75, 3.05) is 4.90 Å². The smallest absolute Gasteiger partial charge is 0.271 e. The minimum Gasteiger partial charge on any atom is -0.364 e. The number of nitrogens with zero attached hydrogens (tertiary/aromatic N) is 3. The Balaban J connectivity index is 1.76. The van der Waals surface area contributed by atoms with E-state index in [0.717, 1.165) is 22.6 Å². The predicted octanol–water partition coefficient (Wildman–Crippen LogP) is 4.04. The van der Waals surface area contributed by atoms with Crippen LogP contribution in [0.2, 0.25) is 0 Å². The Kier molecular flexibility index (Phi) is 4.37. The average Bonchev–Trinajstić information content (AvgIpc) is 3.21. The van der Waals surface area contributed by atoms with Crippen molar-refractivity contribution in [3.05, 3.63) is 90.6 Å². The summed E-state index contributed by atoms with van der Waals surface area (Å²) in [5, 5.41) is 10.3. The SMILES string of the molecule is NC(=O)c1n[nH]nc1-c1ccc(N(c2ccccc2)c2ccccc2)cc1. The molecule has 6 heteroatoms. The van der Waals surface area contributed by atoms with Crippen LogP contribution in [0.5, 0.6) is 0 Å². The number of carbonyl (C=O) groups is 1. The summed E-state index contributed by atoms with van der Waals surface area (Å²) in [5.41, 5.74) is 9.79. The summed E-state index contributed by atoms with van der Waals surface area (Å²) in [4.78, 5) is 13.6. The lowest BCUT2D eigenvalue weighted by molar-refractivity contribution is 0.0996. The van der Waals surface area contributed by atoms with Crippen LogP contribution >= 0.6 is 0 Å². The van der Waals surface area contributed by atoms with E-state index in [2.05, 4.69) is 44.6 Å². The molecule has 132 valence electrons. The molecule has 0 fully saturated rings. The molecule has 3 aromatic carbocycles. The first-order valence-corrected chi connectivity index (χ1v) is 8.45. The van der Waals surface area contributed by atoms with E-state index in [1.165, 1.54) is 0 Å². The largest absolute Gasteiger partial charge is 0.364 e. The third-order valence-corrected chi connectivity index (χ3v) is 4.21. The Bertz CT molecular complexity index is 1000. The highest BCUT2D eigenvalue weighted by Crippen LogP contribution is 2.35. The van der Waals surface area contributed by atoms with Crippen LogP contribution in [-0.2, 0) is 0 Å². The van der Waals surface area contributed by atoms with Crippen LogP contribution in [-0.4, -0.2) is 21.3 Å². The fourth-order valence-corrected chi connectivity index (χ4v) is 2.97. The molecule has 0 bridgehead atoms. The molecule has 4 rings (SSSR count). The molecule has 6 nitrogen and oxygen atoms in total. The molecule has 0 saturated carbocycles. The van der Waals surface area contributed by atoms with Gasteiger partial charge in [0.1, 0.15) is 5.69 Å². The Hall–Kier alpha value is -3.93. The maximum atomic E-state index is 11.5. The summed E-state index contributed by atoms with van der Waals surface area (Å²) in [5.74, 6) is -0.613. The van der Waals surface area contributed by atoms with E-state index in [4.69, 9.17) is 5.73 Å². The number of nitrogens with two attached hydrogens (primary N) is 1. The van der Waals surface area contributed by atoms with Crippen molar-refractivity contribution in [2.45, 2.75) is 0 Å². The van der Waals surface area contributed by atoms with Gasteiger partial charge in [-0.1, -0.05) is 48.5 Å². The quantitative estimate of drug-likeness (QED) is 0.565. The van der Waals surface area contributed by atoms with E-state index in [9.17, 15) is 4.79 Å². The van der Waals surface area contributed by atoms with Crippen molar-refractivity contribution >= 4 is 23.0 Å². The normalized spacial score (nSPS) is 10.5. The molecule has 4 aromatic rings. The van der Waals surface area contributed by atoms with Gasteiger partial charge in [0.2, 0.25) is 0 Å². The zero-order valence-corrected chi connectivity index (χ0v) is 14.4. The first kappa shape index (κ1) is 16.5. The molecule has 1 heterocycles. The van der Waals surface area contributed by atoms with Gasteiger partial charge in [-0.05, 0) is 36.4 Å². The average molecular weight is 355 g/mol. The van der Waals surface area contributed by atoms with E-state index in [0.29, 0.717) is 5.69 Å². The highest BCUT2D eigenvalue weighted by Gasteiger charge is 2.16. The molecule has 0 aliphatic rings. The Labute approximate surface area is 156 Å². The second-order valence-electron chi connectivity index (χ2n) is 5.94. The van der Waals surface area contributed by atoms with Gasteiger partial charge in [0, 0.05) is 22.6 Å². The molecule has 1 aromatic heterocycles. The molecule has 0 aliphatic carbocycles. The van der Waals surface area contributed by atoms with Crippen LogP contribution in [0.4, 0.5) is 17.1 Å². The van der Waals surface area contributed by atoms with E-state index >= 15 is 0 Å². The first-order valence-electron chi connectivity index (χ1n) is 8.45. The predicted molar refractivity (Wildman–Crippen MR) is 105 cm³/mol. The Morgan fingerprint density at radius 2 is 1.26 bits per heavy atom. The van der Waals surface area contributed by atoms with Gasteiger partial charge in [-0.25, -0.2) is 0 Å². The van der Waals surface area contributed by atoms with Crippen LogP contribution in [0.15, 0.2) is 84.9 Å². The highest BCUT2D eigenvalue weighted by molar-refractivity contribution is 5.96. The number of hydrogen-bond donors (Lipinski definition) is 2. The minimum absolute atomic E-state index is 0.130. The number of anilines is 3. The van der Waals surface area contributed by atoms with Crippen molar-refractivity contribution in [3.8, 4) is 11.3 Å². The lowest BCUT2D eigenvalue weighted by Gasteiger charge is -2.25. The molecular formula is C21H17N5O. The fourth-order valence-electron chi connectivity index (χ4n) is 2.97. The second-order valence-corrected chi connectivity index (χ2v) is 5.94. The molecule has 27 heavy (non-hydrogen) atoms. The number of para-hydroxylation sites is 2. The van der Waals surface area contributed by atoms with Gasteiger partial charge in [-0.15, -0.1) is 0 Å². The lowest BCUT2D eigenvalue weighted by atomic mass is 10.1. The van der Waals surface area contributed by atoms with Crippen molar-refractivity contribution < 1.29 is 4.79 Å². The second kappa shape index (κ2) is 7.13. The Morgan fingerprint density at radius 3 is 1.78 bits per heavy atom. The van der Waals surface area contributed by atoms with Gasteiger partial charge in [-0.2, -0.15) is 15.4 Å². The van der Waals surface area contributed by atoms with Gasteiger partial charge in [-0.3, -0.25) is 4.79 Å². The standard InChI is InChI=1S/C21H17N5O/c22-21(27)20-19(23-25-24-20)15-11-13-18(14-12-15)26(16-7-3-1-4-8-16)17-9-5-2-6-10-17/h1-14H,(H2,22,27)(H,23,24,25). The summed E-state index contributed by atoms with van der Waals surface area (Å²) in [7, 11) is 0. The number of nitrogens with one attached hydrogen (secondary N) is 1. The molecule has 0 spiro atoms. The van der Waals surface area contributed by atoms with Crippen LogP contribution in [0, 0.1) is 0 Å². The molecule has 3 N–H and O–H groups in total. The fraction of sp³-hybridized carbons (Fsp3) is 0. The number of aromatic amines is 1. The van der Waals surface area contributed by atoms with E-state index in [1.54, 1.807) is 0 Å². The maximum Gasteiger partial charge on any atom is 0.271 e. The van der Waals surface area contributed by atoms with Crippen LogP contribution in [0.1, 0.15) is 10.5 Å². The molecule has 0 atom stereocenters. The third-order valence-electron chi connectivity index (χ3n) is 4.21. The van der Waals surface area contributed by atoms with Gasteiger partial charge in [0.05, 0.1) is 0 Å². The van der Waals surface area contributed by atoms with Crippen LogP contribution in [0.25, 0.3) is 11.3 Å². The number of benzene rings is 3. The maximum absolute atomic E-state index is 11.5. The molecule has 1 amide bonds. The van der Waals surface area contributed by atoms with Crippen LogP contribution < -0.4 is 10.6 Å². The summed E-state index contributed by atoms with van der Waals surface area (Å²) < 4.78 is 0. The number of aromatic nitrogens is 3. The molecule has 0 unspecified atom stereocenters. The van der Waals surface area contributed by atoms with Crippen molar-refractivity contribution in [2.24, 2.45) is 5.73 Å². The summed E-state index contributed by atoms with van der Waals surface area (Å²) in [6, 6.07) is 28.0. The summed E-state index contributed by atoms with van der Waals surface area (Å²) in [6.07, 6.45) is 0. The molecule has 0 saturated heterocycles. The monoisotopic (exact) mass is 355 g/mol. The van der Waals surface area contributed by atoms with Gasteiger partial charge in [0.15, 0.2) is 5.69 Å². The molecule has 0 aliphatic heterocycles. The summed E-state index contributed by atoms with van der Waals surface area (Å²) >= 11 is 0. The number of primary amides is 1. The Morgan fingerprint density at radius 1 is 0.741 bits per heavy atom. The highest BCUT2D eigenvalue weighted by atomic mass is 16.1. The number of H-pyrrole nitrogens is 1. The zero-order chi connectivity index (χ0) is 18.6. The number of rotatable bonds is 5. The van der Waals surface area contributed by atoms with Gasteiger partial charge < -0.3 is 10.6 Å². The number of hydrogen-bond acceptors (Lipinski definition) is 4. The van der Waals surface area contributed by atoms with E-state index < -0.39 is 5.91 Å². The van der Waals surface area contributed by atoms with Crippen molar-refractivity contribution in [1.82, 2.24) is 15.4 Å². The van der Waals surface area contributed by atoms with Crippen molar-refractivity contribution in [1.29, 1.82) is 0 Å². The number of amides is 1. The minimum atomic E-state index is -0.613. The van der Waals surface area contributed by atoms with E-state index in [1.807, 2.05) is 60.7 Å². The van der Waals surface area contributed by atoms with Gasteiger partial charge in [0.25, 0.3) is 5.91 Å². The molecule has 0 radical (unpaired) electrons. The van der Waals surface area contributed by atoms with E-state index in [-0.39, 0.29) is 5.69 Å². The topological polar surface area (TPSA) is 87.9 Å². The third kappa shape index (κ3) is 3.28. The van der Waals surface area contributed by atoms with Gasteiger partial charge >= 0.3 is 0 Å². The van der Waals surface area contributed by atoms with Crippen molar-refractivity contribution in [3.63, 3.8) is 0 Å². The summed E-state index contributed by atoms with van der Waals surface area (Å²) in [6.45, 7) is 0. The molecular weight excluding hydrogens is 338 g/mol. The number of carbonyl (C=O) groups excluding carboxylic acids is 1. The van der Waals surface area contributed by atoms with Crippen LogP contribution in [0.3, 0.4) is 0 Å². The zero-order valence-electron chi connectivity index (χ0n) is 14.4.